The van der Waals surface area contributed by atoms with Gasteiger partial charge in [0, 0.05) is 57.5 Å². The van der Waals surface area contributed by atoms with E-state index in [9.17, 15) is 0 Å². The van der Waals surface area contributed by atoms with Crippen molar-refractivity contribution in [2.45, 2.75) is 44.9 Å². The highest BCUT2D eigenvalue weighted by Gasteiger charge is 2.37. The topological polar surface area (TPSA) is 6.48 Å². The number of benzene rings is 8. The smallest absolute Gasteiger partial charge is 0.0497 e. The Hall–Kier alpha value is -7.12. The van der Waals surface area contributed by atoms with Crippen molar-refractivity contribution in [3.05, 3.63) is 243 Å². The maximum Gasteiger partial charge on any atom is 0.0497 e. The summed E-state index contributed by atoms with van der Waals surface area (Å²) in [7, 11) is -0.601. The lowest BCUT2D eigenvalue weighted by Gasteiger charge is -2.34. The molecular weight excluding hydrogens is 792 g/mol. The van der Waals surface area contributed by atoms with Gasteiger partial charge in [-0.15, -0.1) is 0 Å². The maximum atomic E-state index is 2.52. The number of para-hydroxylation sites is 4. The first-order valence-electron chi connectivity index (χ1n) is 22.8. The quantitative estimate of drug-likeness (QED) is 0.170. The molecule has 64 heavy (non-hydrogen) atoms. The van der Waals surface area contributed by atoms with E-state index < -0.39 is 7.53 Å². The molecule has 13 rings (SSSR count). The van der Waals surface area contributed by atoms with Crippen LogP contribution in [0.3, 0.4) is 0 Å². The van der Waals surface area contributed by atoms with Crippen molar-refractivity contribution in [3.8, 4) is 16.4 Å². The Morgan fingerprint density at radius 1 is 0.484 bits per heavy atom. The van der Waals surface area contributed by atoms with Gasteiger partial charge in [0.2, 0.25) is 0 Å². The molecule has 0 spiro atoms. The SMILES string of the molecule is CC1(C)c2cc(C=CC3=Cc4c(p(-c5ccccc5)c5ccc(N6c7ccccc7Cc7ccccc76)cc45)CC3)ccc2-c2ccc(N3c4ccccc4Cc4ccccc43)cc21. The second-order valence-electron chi connectivity index (χ2n) is 18.5. The first kappa shape index (κ1) is 37.4. The third-order valence-corrected chi connectivity index (χ3v) is 17.2. The van der Waals surface area contributed by atoms with Crippen LogP contribution in [0, 0.1) is 0 Å². The minimum atomic E-state index is -0.601. The van der Waals surface area contributed by atoms with Crippen molar-refractivity contribution >= 4 is 64.3 Å². The molecule has 8 aromatic carbocycles. The Morgan fingerprint density at radius 3 is 1.61 bits per heavy atom. The van der Waals surface area contributed by atoms with E-state index in [0.717, 1.165) is 25.7 Å². The highest BCUT2D eigenvalue weighted by Crippen LogP contribution is 2.58. The molecular formula is C61H47N2P. The third kappa shape index (κ3) is 5.79. The minimum Gasteiger partial charge on any atom is -0.310 e. The molecule has 9 aromatic rings. The van der Waals surface area contributed by atoms with E-state index in [1.165, 1.54) is 111 Å². The van der Waals surface area contributed by atoms with E-state index in [4.69, 9.17) is 0 Å². The lowest BCUT2D eigenvalue weighted by molar-refractivity contribution is 0.660. The number of anilines is 6. The van der Waals surface area contributed by atoms with Gasteiger partial charge in [0.05, 0.1) is 0 Å². The number of allylic oxidation sites excluding steroid dienone is 2. The molecule has 0 saturated carbocycles. The number of hydrogen-bond acceptors (Lipinski definition) is 2. The standard InChI is InChI=1S/C61H47N2P/c1-61(2)53-35-41(26-30-49(53)50-31-28-47(39-54(50)61)63-57-22-12-8-16-44(57)37-45-17-9-13-23-58(45)63)25-24-40-27-32-59-51(34-40)52-38-46(29-33-60(52)64(59)48-18-4-3-5-19-48)62-55-20-10-6-14-42(55)36-43-15-7-11-21-56(43)62/h3-26,28-31,33-35,38-39H,27,32,36-37H2,1-2H3. The van der Waals surface area contributed by atoms with Crippen molar-refractivity contribution in [1.29, 1.82) is 0 Å². The first-order chi connectivity index (χ1) is 31.5. The summed E-state index contributed by atoms with van der Waals surface area (Å²) in [4.78, 5) is 4.96. The molecule has 3 heterocycles. The van der Waals surface area contributed by atoms with E-state index in [1.54, 1.807) is 5.30 Å². The molecule has 0 amide bonds. The molecule has 2 aliphatic carbocycles. The van der Waals surface area contributed by atoms with Gasteiger partial charge in [0.25, 0.3) is 0 Å². The summed E-state index contributed by atoms with van der Waals surface area (Å²) in [5.74, 6) is 0. The normalized spacial score (nSPS) is 15.5. The summed E-state index contributed by atoms with van der Waals surface area (Å²) < 4.78 is 0. The molecule has 4 aliphatic rings. The van der Waals surface area contributed by atoms with Gasteiger partial charge in [-0.25, -0.2) is 0 Å². The van der Waals surface area contributed by atoms with Gasteiger partial charge in [0.15, 0.2) is 0 Å². The van der Waals surface area contributed by atoms with Crippen molar-refractivity contribution in [1.82, 2.24) is 0 Å². The van der Waals surface area contributed by atoms with Gasteiger partial charge in [-0.3, -0.25) is 0 Å². The summed E-state index contributed by atoms with van der Waals surface area (Å²) in [6.07, 6.45) is 11.3. The molecule has 1 atom stereocenters. The van der Waals surface area contributed by atoms with Crippen LogP contribution in [-0.4, -0.2) is 0 Å². The fourth-order valence-corrected chi connectivity index (χ4v) is 14.1. The predicted molar refractivity (Wildman–Crippen MR) is 272 cm³/mol. The molecule has 1 unspecified atom stereocenters. The summed E-state index contributed by atoms with van der Waals surface area (Å²) in [6.45, 7) is 4.81. The van der Waals surface area contributed by atoms with Gasteiger partial charge in [-0.2, -0.15) is 0 Å². The molecule has 0 saturated heterocycles. The second kappa shape index (κ2) is 14.5. The minimum absolute atomic E-state index is 0.140. The van der Waals surface area contributed by atoms with E-state index in [0.29, 0.717) is 0 Å². The number of nitrogens with zero attached hydrogens (tertiary/aromatic N) is 2. The molecule has 0 radical (unpaired) electrons. The Morgan fingerprint density at radius 2 is 1.00 bits per heavy atom. The van der Waals surface area contributed by atoms with Crippen LogP contribution < -0.4 is 9.80 Å². The van der Waals surface area contributed by atoms with E-state index in [1.807, 2.05) is 0 Å². The molecule has 0 fully saturated rings. The largest absolute Gasteiger partial charge is 0.310 e. The zero-order chi connectivity index (χ0) is 42.5. The average Bonchev–Trinajstić information content (AvgIpc) is 3.78. The third-order valence-electron chi connectivity index (χ3n) is 14.5. The summed E-state index contributed by atoms with van der Waals surface area (Å²) in [5.41, 5.74) is 22.5. The van der Waals surface area contributed by atoms with Gasteiger partial charge in [-0.1, -0.05) is 167 Å². The fraction of sp³-hybridized carbons (Fsp3) is 0.115. The highest BCUT2D eigenvalue weighted by atomic mass is 31.1. The second-order valence-corrected chi connectivity index (χ2v) is 20.7. The Kier molecular flexibility index (Phi) is 8.46. The van der Waals surface area contributed by atoms with Crippen LogP contribution in [0.15, 0.2) is 194 Å². The predicted octanol–water partition coefficient (Wildman–Crippen LogP) is 16.9. The number of rotatable bonds is 5. The number of hydrogen-bond donors (Lipinski definition) is 0. The lowest BCUT2D eigenvalue weighted by atomic mass is 9.81. The molecule has 3 heteroatoms. The van der Waals surface area contributed by atoms with Gasteiger partial charge < -0.3 is 9.80 Å². The van der Waals surface area contributed by atoms with Crippen molar-refractivity contribution in [2.75, 3.05) is 9.80 Å². The average molecular weight is 839 g/mol. The van der Waals surface area contributed by atoms with Crippen molar-refractivity contribution < 1.29 is 0 Å². The Balaban J connectivity index is 0.863. The van der Waals surface area contributed by atoms with Crippen LogP contribution in [0.1, 0.15) is 70.1 Å². The fourth-order valence-electron chi connectivity index (χ4n) is 11.4. The van der Waals surface area contributed by atoms with Crippen molar-refractivity contribution in [2.24, 2.45) is 0 Å². The zero-order valence-electron chi connectivity index (χ0n) is 36.2. The van der Waals surface area contributed by atoms with Gasteiger partial charge in [0.1, 0.15) is 0 Å². The van der Waals surface area contributed by atoms with Gasteiger partial charge in [-0.05, 0) is 145 Å². The van der Waals surface area contributed by atoms with E-state index in [-0.39, 0.29) is 5.41 Å². The van der Waals surface area contributed by atoms with Gasteiger partial charge >= 0.3 is 0 Å². The molecule has 0 N–H and O–H groups in total. The zero-order valence-corrected chi connectivity index (χ0v) is 37.1. The van der Waals surface area contributed by atoms with Crippen LogP contribution in [-0.2, 0) is 24.7 Å². The summed E-state index contributed by atoms with van der Waals surface area (Å²) >= 11 is 0. The first-order valence-corrected chi connectivity index (χ1v) is 24.1. The molecule has 2 aliphatic heterocycles. The monoisotopic (exact) mass is 838 g/mol. The molecule has 2 nitrogen and oxygen atoms in total. The summed E-state index contributed by atoms with van der Waals surface area (Å²) in [5, 5.41) is 5.92. The molecule has 306 valence electrons. The Bertz CT molecular complexity index is 3350. The number of fused-ring (bicyclic) bond motifs is 10. The Labute approximate surface area is 377 Å². The highest BCUT2D eigenvalue weighted by molar-refractivity contribution is 7.63. The van der Waals surface area contributed by atoms with Crippen LogP contribution >= 0.6 is 7.53 Å². The van der Waals surface area contributed by atoms with E-state index in [2.05, 4.69) is 224 Å². The van der Waals surface area contributed by atoms with Crippen LogP contribution in [0.5, 0.6) is 0 Å². The maximum absolute atomic E-state index is 2.52. The lowest BCUT2D eigenvalue weighted by Crippen LogP contribution is -2.20. The van der Waals surface area contributed by atoms with Crippen LogP contribution in [0.25, 0.3) is 39.1 Å². The molecule has 1 aromatic heterocycles. The van der Waals surface area contributed by atoms with E-state index >= 15 is 0 Å². The van der Waals surface area contributed by atoms with Crippen molar-refractivity contribution in [3.63, 3.8) is 0 Å². The molecule has 0 bridgehead atoms. The van der Waals surface area contributed by atoms with Crippen LogP contribution in [0.4, 0.5) is 34.1 Å². The van der Waals surface area contributed by atoms with Crippen LogP contribution in [0.2, 0.25) is 0 Å². The summed E-state index contributed by atoms with van der Waals surface area (Å²) in [6, 6.07) is 68.5.